The van der Waals surface area contributed by atoms with Gasteiger partial charge < -0.3 is 23.5 Å². The monoisotopic (exact) mass is 782 g/mol. The lowest BCUT2D eigenvalue weighted by Gasteiger charge is -2.22. The number of fused-ring (bicyclic) bond motifs is 2. The molecule has 9 rings (SSSR count). The SMILES string of the molecule is COc1ccc(COc2cc([C@H]3C[C@@H]3c3nccc(C)n3)nc3nc(N(Cc4ccc(OC)cc4)Cc4cn5cc(C6CC6)cc(Br)c5n4)ncc23)cc1. The second-order valence-electron chi connectivity index (χ2n) is 14.2. The number of aryl methyl sites for hydroxylation is 1. The molecule has 2 aliphatic carbocycles. The summed E-state index contributed by atoms with van der Waals surface area (Å²) in [4.78, 5) is 31.7. The van der Waals surface area contributed by atoms with E-state index in [0.29, 0.717) is 43.0 Å². The average Bonchev–Trinajstić information content (AvgIpc) is 4.14. The Morgan fingerprint density at radius 1 is 0.815 bits per heavy atom. The van der Waals surface area contributed by atoms with Crippen molar-refractivity contribution >= 4 is 38.6 Å². The number of hydrogen-bond acceptors (Lipinski definition) is 10. The third-order valence-electron chi connectivity index (χ3n) is 10.2. The maximum absolute atomic E-state index is 6.51. The van der Waals surface area contributed by atoms with Crippen molar-refractivity contribution in [3.8, 4) is 17.2 Å². The molecule has 0 unspecified atom stereocenters. The first-order valence-electron chi connectivity index (χ1n) is 18.2. The van der Waals surface area contributed by atoms with Crippen molar-refractivity contribution in [2.24, 2.45) is 0 Å². The lowest BCUT2D eigenvalue weighted by Crippen LogP contribution is -2.24. The van der Waals surface area contributed by atoms with Crippen LogP contribution in [0, 0.1) is 6.92 Å². The minimum Gasteiger partial charge on any atom is -0.497 e. The number of aromatic nitrogens is 7. The maximum atomic E-state index is 6.51. The third kappa shape index (κ3) is 7.17. The van der Waals surface area contributed by atoms with Crippen LogP contribution in [0.4, 0.5) is 5.95 Å². The van der Waals surface area contributed by atoms with Gasteiger partial charge in [0.1, 0.15) is 29.7 Å². The van der Waals surface area contributed by atoms with Crippen LogP contribution in [0.3, 0.4) is 0 Å². The molecule has 0 radical (unpaired) electrons. The molecule has 0 amide bonds. The lowest BCUT2D eigenvalue weighted by molar-refractivity contribution is 0.309. The predicted molar refractivity (Wildman–Crippen MR) is 209 cm³/mol. The van der Waals surface area contributed by atoms with E-state index < -0.39 is 0 Å². The van der Waals surface area contributed by atoms with E-state index in [1.54, 1.807) is 14.2 Å². The van der Waals surface area contributed by atoms with Gasteiger partial charge in [0, 0.05) is 54.9 Å². The van der Waals surface area contributed by atoms with Gasteiger partial charge in [0.25, 0.3) is 0 Å². The zero-order chi connectivity index (χ0) is 36.8. The van der Waals surface area contributed by atoms with Crippen LogP contribution in [0.1, 0.15) is 76.6 Å². The number of imidazole rings is 1. The smallest absolute Gasteiger partial charge is 0.228 e. The first-order chi connectivity index (χ1) is 26.4. The fourth-order valence-electron chi connectivity index (χ4n) is 6.98. The van der Waals surface area contributed by atoms with E-state index in [9.17, 15) is 0 Å². The first kappa shape index (κ1) is 34.2. The summed E-state index contributed by atoms with van der Waals surface area (Å²) in [5, 5.41) is 0.744. The molecule has 2 fully saturated rings. The number of ether oxygens (including phenoxy) is 3. The quantitative estimate of drug-likeness (QED) is 0.113. The van der Waals surface area contributed by atoms with Crippen LogP contribution in [0.5, 0.6) is 17.2 Å². The molecule has 5 aromatic heterocycles. The van der Waals surface area contributed by atoms with Crippen molar-refractivity contribution in [2.45, 2.75) is 63.6 Å². The molecule has 5 heterocycles. The first-order valence-corrected chi connectivity index (χ1v) is 19.0. The van der Waals surface area contributed by atoms with Crippen LogP contribution < -0.4 is 19.1 Å². The second-order valence-corrected chi connectivity index (χ2v) is 15.0. The normalized spacial score (nSPS) is 16.4. The number of rotatable bonds is 13. The Morgan fingerprint density at radius 3 is 2.30 bits per heavy atom. The Balaban J connectivity index is 1.08. The molecule has 0 N–H and O–H groups in total. The molecule has 2 aliphatic rings. The fourth-order valence-corrected chi connectivity index (χ4v) is 7.53. The largest absolute Gasteiger partial charge is 0.497 e. The van der Waals surface area contributed by atoms with Crippen molar-refractivity contribution < 1.29 is 14.2 Å². The summed E-state index contributed by atoms with van der Waals surface area (Å²) in [6, 6.07) is 22.1. The summed E-state index contributed by atoms with van der Waals surface area (Å²) in [6.45, 7) is 3.40. The molecule has 7 aromatic rings. The number of methoxy groups -OCH3 is 2. The van der Waals surface area contributed by atoms with Crippen molar-refractivity contribution in [1.29, 1.82) is 0 Å². The van der Waals surface area contributed by atoms with Gasteiger partial charge in [-0.3, -0.25) is 0 Å². The molecule has 0 spiro atoms. The molecule has 2 saturated carbocycles. The molecule has 0 saturated heterocycles. The van der Waals surface area contributed by atoms with Gasteiger partial charge in [0.15, 0.2) is 11.3 Å². The summed E-state index contributed by atoms with van der Waals surface area (Å²) >= 11 is 3.78. The van der Waals surface area contributed by atoms with Crippen molar-refractivity contribution in [3.05, 3.63) is 136 Å². The van der Waals surface area contributed by atoms with E-state index in [1.807, 2.05) is 67.8 Å². The highest BCUT2D eigenvalue weighted by Crippen LogP contribution is 2.53. The zero-order valence-corrected chi connectivity index (χ0v) is 31.9. The number of nitrogens with zero attached hydrogens (tertiary/aromatic N) is 8. The summed E-state index contributed by atoms with van der Waals surface area (Å²) in [5.74, 6) is 4.66. The molecule has 2 atom stereocenters. The zero-order valence-electron chi connectivity index (χ0n) is 30.3. The second kappa shape index (κ2) is 14.3. The molecule has 2 aromatic carbocycles. The number of halogens is 1. The molecular weight excluding hydrogens is 744 g/mol. The molecule has 0 bridgehead atoms. The summed E-state index contributed by atoms with van der Waals surface area (Å²) in [7, 11) is 3.34. The summed E-state index contributed by atoms with van der Waals surface area (Å²) in [5.41, 5.74) is 7.68. The standard InChI is InChI=1S/C42H39BrN8O3/c1-25-14-15-44-39(46-25)34-17-33(34)37-18-38(54-24-27-6-12-32(53-3)13-7-27)35-19-45-42(49-40(35)48-37)51(20-26-4-10-31(52-2)11-5-26)23-30-22-50-21-29(28-8-9-28)16-36(43)41(50)47-30/h4-7,10-16,18-19,21-22,28,33-34H,8-9,17,20,23-24H2,1-3H3/t33-,34-/m0/s1. The van der Waals surface area contributed by atoms with Crippen LogP contribution in [0.2, 0.25) is 0 Å². The highest BCUT2D eigenvalue weighted by atomic mass is 79.9. The molecule has 54 heavy (non-hydrogen) atoms. The minimum atomic E-state index is 0.158. The number of benzene rings is 2. The summed E-state index contributed by atoms with van der Waals surface area (Å²) < 4.78 is 20.4. The van der Waals surface area contributed by atoms with Crippen LogP contribution in [-0.2, 0) is 19.7 Å². The van der Waals surface area contributed by atoms with Crippen LogP contribution in [-0.4, -0.2) is 48.5 Å². The number of hydrogen-bond donors (Lipinski definition) is 0. The van der Waals surface area contributed by atoms with Crippen LogP contribution in [0.15, 0.2) is 96.0 Å². The molecule has 0 aliphatic heterocycles. The van der Waals surface area contributed by atoms with Gasteiger partial charge in [0.05, 0.1) is 42.0 Å². The Bertz CT molecular complexity index is 2470. The van der Waals surface area contributed by atoms with Gasteiger partial charge in [-0.25, -0.2) is 24.9 Å². The van der Waals surface area contributed by atoms with E-state index in [1.165, 1.54) is 18.4 Å². The fraction of sp³-hybridized carbons (Fsp3) is 0.286. The van der Waals surface area contributed by atoms with Crippen molar-refractivity contribution in [2.75, 3.05) is 19.1 Å². The Morgan fingerprint density at radius 2 is 1.57 bits per heavy atom. The van der Waals surface area contributed by atoms with Gasteiger partial charge in [-0.15, -0.1) is 0 Å². The highest BCUT2D eigenvalue weighted by molar-refractivity contribution is 9.10. The molecular formula is C42H39BrN8O3. The van der Waals surface area contributed by atoms with E-state index >= 15 is 0 Å². The third-order valence-corrected chi connectivity index (χ3v) is 10.8. The summed E-state index contributed by atoms with van der Waals surface area (Å²) in [6.07, 6.45) is 11.4. The topological polar surface area (TPSA) is 113 Å². The Kier molecular flexibility index (Phi) is 9.06. The number of pyridine rings is 2. The van der Waals surface area contributed by atoms with Crippen LogP contribution in [0.25, 0.3) is 16.7 Å². The van der Waals surface area contributed by atoms with Crippen molar-refractivity contribution in [3.63, 3.8) is 0 Å². The Labute approximate surface area is 321 Å². The molecule has 12 heteroatoms. The van der Waals surface area contributed by atoms with Crippen LogP contribution >= 0.6 is 15.9 Å². The minimum absolute atomic E-state index is 0.158. The highest BCUT2D eigenvalue weighted by Gasteiger charge is 2.43. The van der Waals surface area contributed by atoms with E-state index in [0.717, 1.165) is 67.5 Å². The van der Waals surface area contributed by atoms with E-state index in [4.69, 9.17) is 39.1 Å². The van der Waals surface area contributed by atoms with Gasteiger partial charge in [0.2, 0.25) is 5.95 Å². The van der Waals surface area contributed by atoms with Gasteiger partial charge in [-0.05, 0) is 101 Å². The van der Waals surface area contributed by atoms with Gasteiger partial charge in [-0.2, -0.15) is 4.98 Å². The average molecular weight is 784 g/mol. The number of anilines is 1. The van der Waals surface area contributed by atoms with E-state index in [2.05, 4.69) is 60.8 Å². The Hall–Kier alpha value is -5.62. The maximum Gasteiger partial charge on any atom is 0.228 e. The van der Waals surface area contributed by atoms with Gasteiger partial charge >= 0.3 is 0 Å². The van der Waals surface area contributed by atoms with Gasteiger partial charge in [-0.1, -0.05) is 24.3 Å². The molecule has 272 valence electrons. The lowest BCUT2D eigenvalue weighted by atomic mass is 10.1. The van der Waals surface area contributed by atoms with E-state index in [-0.39, 0.29) is 11.8 Å². The predicted octanol–water partition coefficient (Wildman–Crippen LogP) is 8.48. The van der Waals surface area contributed by atoms with Crippen molar-refractivity contribution in [1.82, 2.24) is 34.3 Å². The molecule has 11 nitrogen and oxygen atoms in total.